The Kier molecular flexibility index (Phi) is 5.59. The van der Waals surface area contributed by atoms with Crippen LogP contribution in [0.25, 0.3) is 0 Å². The molecule has 2 rings (SSSR count). The molecule has 0 aliphatic carbocycles. The number of benzene rings is 1. The maximum Gasteiger partial charge on any atom is 0.241 e. The van der Waals surface area contributed by atoms with Crippen molar-refractivity contribution in [2.45, 2.75) is 19.8 Å². The minimum absolute atomic E-state index is 0.0783. The van der Waals surface area contributed by atoms with Crippen LogP contribution in [0.2, 0.25) is 0 Å². The molecule has 0 radical (unpaired) electrons. The molecule has 5 heteroatoms. The number of likely N-dealkylation sites (N-methyl/N-ethyl adjacent to an activating group) is 1. The number of aliphatic hydroxyl groups excluding tert-OH is 1. The predicted molar refractivity (Wildman–Crippen MR) is 82.9 cm³/mol. The summed E-state index contributed by atoms with van der Waals surface area (Å²) in [5.41, 5.74) is 2.16. The van der Waals surface area contributed by atoms with Crippen LogP contribution in [0.5, 0.6) is 5.75 Å². The standard InChI is InChI=1S/C16H24N2O3/c1-3-17(9-10-19)12-16(20)18-8-4-5-13-11-14(21-2)6-7-15(13)18/h6-7,11,19H,3-5,8-10,12H2,1-2H3. The number of nitrogens with zero attached hydrogens (tertiary/aromatic N) is 2. The molecule has 0 saturated carbocycles. The van der Waals surface area contributed by atoms with E-state index >= 15 is 0 Å². The molecule has 1 amide bonds. The van der Waals surface area contributed by atoms with Gasteiger partial charge in [0, 0.05) is 18.8 Å². The van der Waals surface area contributed by atoms with Crippen LogP contribution in [-0.4, -0.2) is 55.8 Å². The SMILES string of the molecule is CCN(CCO)CC(=O)N1CCCc2cc(OC)ccc21. The van der Waals surface area contributed by atoms with E-state index < -0.39 is 0 Å². The Bertz CT molecular complexity index is 490. The molecule has 0 atom stereocenters. The number of anilines is 1. The minimum Gasteiger partial charge on any atom is -0.497 e. The van der Waals surface area contributed by atoms with Crippen molar-refractivity contribution in [3.8, 4) is 5.75 Å². The third kappa shape index (κ3) is 3.74. The zero-order valence-corrected chi connectivity index (χ0v) is 12.8. The van der Waals surface area contributed by atoms with E-state index in [0.717, 1.165) is 37.4 Å². The summed E-state index contributed by atoms with van der Waals surface area (Å²) in [6, 6.07) is 5.88. The molecular formula is C16H24N2O3. The van der Waals surface area contributed by atoms with Gasteiger partial charge < -0.3 is 14.7 Å². The summed E-state index contributed by atoms with van der Waals surface area (Å²) in [6.45, 7) is 4.48. The number of methoxy groups -OCH3 is 1. The van der Waals surface area contributed by atoms with E-state index in [2.05, 4.69) is 0 Å². The first-order chi connectivity index (χ1) is 10.2. The molecule has 116 valence electrons. The summed E-state index contributed by atoms with van der Waals surface area (Å²) in [5, 5.41) is 9.03. The molecule has 0 spiro atoms. The fourth-order valence-electron chi connectivity index (χ4n) is 2.73. The third-order valence-corrected chi connectivity index (χ3v) is 3.93. The van der Waals surface area contributed by atoms with E-state index in [4.69, 9.17) is 9.84 Å². The van der Waals surface area contributed by atoms with E-state index in [9.17, 15) is 4.79 Å². The highest BCUT2D eigenvalue weighted by Gasteiger charge is 2.23. The number of amides is 1. The molecule has 0 saturated heterocycles. The first-order valence-corrected chi connectivity index (χ1v) is 7.50. The van der Waals surface area contributed by atoms with Gasteiger partial charge in [-0.1, -0.05) is 6.92 Å². The lowest BCUT2D eigenvalue weighted by atomic mass is 10.0. The van der Waals surface area contributed by atoms with E-state index in [1.54, 1.807) is 7.11 Å². The second-order valence-corrected chi connectivity index (χ2v) is 5.24. The Morgan fingerprint density at radius 3 is 2.95 bits per heavy atom. The predicted octanol–water partition coefficient (Wildman–Crippen LogP) is 1.29. The van der Waals surface area contributed by atoms with Gasteiger partial charge in [0.05, 0.1) is 20.3 Å². The number of rotatable bonds is 6. The lowest BCUT2D eigenvalue weighted by Gasteiger charge is -2.31. The molecule has 5 nitrogen and oxygen atoms in total. The molecule has 0 bridgehead atoms. The molecule has 0 aromatic heterocycles. The number of ether oxygens (including phenoxy) is 1. The summed E-state index contributed by atoms with van der Waals surface area (Å²) in [4.78, 5) is 16.3. The van der Waals surface area contributed by atoms with Crippen molar-refractivity contribution in [2.24, 2.45) is 0 Å². The average molecular weight is 292 g/mol. The van der Waals surface area contributed by atoms with E-state index in [0.29, 0.717) is 13.1 Å². The maximum absolute atomic E-state index is 12.5. The normalized spacial score (nSPS) is 14.2. The van der Waals surface area contributed by atoms with Gasteiger partial charge in [-0.3, -0.25) is 9.69 Å². The highest BCUT2D eigenvalue weighted by molar-refractivity contribution is 5.96. The molecule has 1 aliphatic rings. The van der Waals surface area contributed by atoms with Crippen LogP contribution in [0.1, 0.15) is 18.9 Å². The smallest absolute Gasteiger partial charge is 0.241 e. The van der Waals surface area contributed by atoms with Crippen molar-refractivity contribution in [2.75, 3.05) is 44.8 Å². The first-order valence-electron chi connectivity index (χ1n) is 7.50. The molecule has 21 heavy (non-hydrogen) atoms. The van der Waals surface area contributed by atoms with Gasteiger partial charge in [-0.25, -0.2) is 0 Å². The molecular weight excluding hydrogens is 268 g/mol. The van der Waals surface area contributed by atoms with Crippen molar-refractivity contribution in [3.05, 3.63) is 23.8 Å². The van der Waals surface area contributed by atoms with Crippen LogP contribution < -0.4 is 9.64 Å². The van der Waals surface area contributed by atoms with Crippen LogP contribution in [0.3, 0.4) is 0 Å². The third-order valence-electron chi connectivity index (χ3n) is 3.93. The summed E-state index contributed by atoms with van der Waals surface area (Å²) in [7, 11) is 1.65. The lowest BCUT2D eigenvalue weighted by Crippen LogP contribution is -2.43. The van der Waals surface area contributed by atoms with Gasteiger partial charge >= 0.3 is 0 Å². The Balaban J connectivity index is 2.13. The number of aryl methyl sites for hydroxylation is 1. The number of carbonyl (C=O) groups excluding carboxylic acids is 1. The highest BCUT2D eigenvalue weighted by atomic mass is 16.5. The topological polar surface area (TPSA) is 53.0 Å². The van der Waals surface area contributed by atoms with Gasteiger partial charge in [-0.2, -0.15) is 0 Å². The minimum atomic E-state index is 0.0783. The van der Waals surface area contributed by atoms with Crippen molar-refractivity contribution < 1.29 is 14.6 Å². The largest absolute Gasteiger partial charge is 0.497 e. The van der Waals surface area contributed by atoms with Gasteiger partial charge in [-0.05, 0) is 43.1 Å². The van der Waals surface area contributed by atoms with E-state index in [1.807, 2.05) is 34.9 Å². The summed E-state index contributed by atoms with van der Waals surface area (Å²) in [6.07, 6.45) is 1.95. The number of hydrogen-bond donors (Lipinski definition) is 1. The Morgan fingerprint density at radius 1 is 1.48 bits per heavy atom. The Hall–Kier alpha value is -1.59. The van der Waals surface area contributed by atoms with Crippen molar-refractivity contribution in [1.29, 1.82) is 0 Å². The fraction of sp³-hybridized carbons (Fsp3) is 0.562. The fourth-order valence-corrected chi connectivity index (χ4v) is 2.73. The van der Waals surface area contributed by atoms with E-state index in [-0.39, 0.29) is 12.5 Å². The summed E-state index contributed by atoms with van der Waals surface area (Å²) in [5.74, 6) is 0.926. The Labute approximate surface area is 126 Å². The lowest BCUT2D eigenvalue weighted by molar-refractivity contribution is -0.119. The van der Waals surface area contributed by atoms with E-state index in [1.165, 1.54) is 5.56 Å². The summed E-state index contributed by atoms with van der Waals surface area (Å²) >= 11 is 0. The average Bonchev–Trinajstić information content (AvgIpc) is 2.53. The molecule has 1 aliphatic heterocycles. The van der Waals surface area contributed by atoms with Crippen molar-refractivity contribution >= 4 is 11.6 Å². The van der Waals surface area contributed by atoms with Gasteiger partial charge in [0.2, 0.25) is 5.91 Å². The van der Waals surface area contributed by atoms with Gasteiger partial charge in [-0.15, -0.1) is 0 Å². The highest BCUT2D eigenvalue weighted by Crippen LogP contribution is 2.30. The number of aliphatic hydroxyl groups is 1. The van der Waals surface area contributed by atoms with Crippen LogP contribution in [0.15, 0.2) is 18.2 Å². The zero-order chi connectivity index (χ0) is 15.2. The van der Waals surface area contributed by atoms with Gasteiger partial charge in [0.25, 0.3) is 0 Å². The number of hydrogen-bond acceptors (Lipinski definition) is 4. The van der Waals surface area contributed by atoms with Crippen LogP contribution in [0.4, 0.5) is 5.69 Å². The van der Waals surface area contributed by atoms with Crippen LogP contribution >= 0.6 is 0 Å². The Morgan fingerprint density at radius 2 is 2.29 bits per heavy atom. The van der Waals surface area contributed by atoms with Crippen molar-refractivity contribution in [3.63, 3.8) is 0 Å². The summed E-state index contributed by atoms with van der Waals surface area (Å²) < 4.78 is 5.25. The monoisotopic (exact) mass is 292 g/mol. The van der Waals surface area contributed by atoms with Gasteiger partial charge in [0.1, 0.15) is 5.75 Å². The van der Waals surface area contributed by atoms with Crippen LogP contribution in [-0.2, 0) is 11.2 Å². The molecule has 1 aromatic carbocycles. The molecule has 0 unspecified atom stereocenters. The quantitative estimate of drug-likeness (QED) is 0.858. The first kappa shape index (κ1) is 15.8. The maximum atomic E-state index is 12.5. The second kappa shape index (κ2) is 7.43. The van der Waals surface area contributed by atoms with Crippen molar-refractivity contribution in [1.82, 2.24) is 4.90 Å². The number of fused-ring (bicyclic) bond motifs is 1. The second-order valence-electron chi connectivity index (χ2n) is 5.24. The zero-order valence-electron chi connectivity index (χ0n) is 12.8. The molecule has 1 heterocycles. The number of carbonyl (C=O) groups is 1. The molecule has 1 aromatic rings. The molecule has 1 N–H and O–H groups in total. The van der Waals surface area contributed by atoms with Crippen LogP contribution in [0, 0.1) is 0 Å². The van der Waals surface area contributed by atoms with Gasteiger partial charge in [0.15, 0.2) is 0 Å². The molecule has 0 fully saturated rings.